The van der Waals surface area contributed by atoms with E-state index in [1.54, 1.807) is 0 Å². The number of rotatable bonds is 8. The van der Waals surface area contributed by atoms with E-state index in [1.807, 2.05) is 6.92 Å². The Hall–Kier alpha value is -2.19. The number of nitrogens with one attached hydrogen (secondary N) is 1. The predicted octanol–water partition coefficient (Wildman–Crippen LogP) is 4.19. The van der Waals surface area contributed by atoms with Gasteiger partial charge in [0.15, 0.2) is 0 Å². The van der Waals surface area contributed by atoms with Crippen LogP contribution in [0.15, 0.2) is 60.7 Å². The fourth-order valence-corrected chi connectivity index (χ4v) is 2.53. The van der Waals surface area contributed by atoms with Crippen molar-refractivity contribution in [1.29, 1.82) is 0 Å². The van der Waals surface area contributed by atoms with Gasteiger partial charge in [0.25, 0.3) is 0 Å². The minimum absolute atomic E-state index is 0.166. The molecule has 0 amide bonds. The highest BCUT2D eigenvalue weighted by atomic mass is 16.1. The van der Waals surface area contributed by atoms with Gasteiger partial charge in [0, 0.05) is 6.54 Å². The third-order valence-electron chi connectivity index (χ3n) is 3.91. The Labute approximate surface area is 139 Å². The summed E-state index contributed by atoms with van der Waals surface area (Å²) in [4.78, 5) is 11.2. The quantitative estimate of drug-likeness (QED) is 0.585. The minimum Gasteiger partial charge on any atom is -0.304 e. The molecule has 2 aromatic rings. The normalized spacial score (nSPS) is 11.9. The Kier molecular flexibility index (Phi) is 6.30. The molecule has 23 heavy (non-hydrogen) atoms. The molecule has 1 N–H and O–H groups in total. The summed E-state index contributed by atoms with van der Waals surface area (Å²) in [5.74, 6) is 0. The third-order valence-corrected chi connectivity index (χ3v) is 3.91. The fraction of sp³-hybridized carbons (Fsp3) is 0.286. The van der Waals surface area contributed by atoms with Crippen LogP contribution in [-0.4, -0.2) is 18.9 Å². The van der Waals surface area contributed by atoms with E-state index in [9.17, 15) is 4.79 Å². The van der Waals surface area contributed by atoms with Crippen LogP contribution in [0.2, 0.25) is 0 Å². The summed E-state index contributed by atoms with van der Waals surface area (Å²) in [6.07, 6.45) is 2.72. The van der Waals surface area contributed by atoms with E-state index in [0.717, 1.165) is 23.8 Å². The zero-order chi connectivity index (χ0) is 16.7. The average molecular weight is 307 g/mol. The summed E-state index contributed by atoms with van der Waals surface area (Å²) < 4.78 is 0. The van der Waals surface area contributed by atoms with Crippen molar-refractivity contribution in [2.24, 2.45) is 0 Å². The van der Waals surface area contributed by atoms with Gasteiger partial charge in [-0.1, -0.05) is 67.6 Å². The number of benzene rings is 2. The monoisotopic (exact) mass is 307 g/mol. The van der Waals surface area contributed by atoms with Gasteiger partial charge in [0.2, 0.25) is 0 Å². The smallest absolute Gasteiger partial charge is 0.137 e. The fourth-order valence-electron chi connectivity index (χ4n) is 2.53. The minimum atomic E-state index is -0.166. The number of hydrogen-bond donors (Lipinski definition) is 1. The van der Waals surface area contributed by atoms with Crippen LogP contribution in [0.3, 0.4) is 0 Å². The molecule has 0 radical (unpaired) electrons. The average Bonchev–Trinajstić information content (AvgIpc) is 2.59. The summed E-state index contributed by atoms with van der Waals surface area (Å²) in [6, 6.07) is 16.9. The Morgan fingerprint density at radius 3 is 2.48 bits per heavy atom. The molecule has 0 aliphatic carbocycles. The molecule has 2 heteroatoms. The number of aldehydes is 1. The molecular weight excluding hydrogens is 282 g/mol. The molecule has 0 aliphatic heterocycles. The van der Waals surface area contributed by atoms with E-state index in [2.05, 4.69) is 67.4 Å². The highest BCUT2D eigenvalue weighted by molar-refractivity contribution is 5.65. The summed E-state index contributed by atoms with van der Waals surface area (Å²) >= 11 is 0. The first-order valence-corrected chi connectivity index (χ1v) is 8.13. The Morgan fingerprint density at radius 2 is 1.87 bits per heavy atom. The van der Waals surface area contributed by atoms with Gasteiger partial charge < -0.3 is 10.1 Å². The second kappa shape index (κ2) is 8.44. The lowest BCUT2D eigenvalue weighted by molar-refractivity contribution is -0.109. The number of aryl methyl sites for hydroxylation is 1. The maximum atomic E-state index is 11.2. The Morgan fingerprint density at radius 1 is 1.13 bits per heavy atom. The molecule has 0 aromatic heterocycles. The van der Waals surface area contributed by atoms with Gasteiger partial charge in [-0.15, -0.1) is 0 Å². The van der Waals surface area contributed by atoms with E-state index in [-0.39, 0.29) is 6.04 Å². The van der Waals surface area contributed by atoms with Crippen LogP contribution in [0.1, 0.15) is 25.0 Å². The van der Waals surface area contributed by atoms with Gasteiger partial charge in [0.1, 0.15) is 6.29 Å². The first-order chi connectivity index (χ1) is 11.1. The van der Waals surface area contributed by atoms with Gasteiger partial charge in [-0.25, -0.2) is 0 Å². The second-order valence-electron chi connectivity index (χ2n) is 6.04. The number of carbonyl (C=O) groups is 1. The van der Waals surface area contributed by atoms with Crippen LogP contribution in [0.5, 0.6) is 0 Å². The molecule has 0 fully saturated rings. The van der Waals surface area contributed by atoms with Crippen LogP contribution in [-0.2, 0) is 17.6 Å². The zero-order valence-corrected chi connectivity index (χ0v) is 14.0. The maximum Gasteiger partial charge on any atom is 0.137 e. The Bertz CT molecular complexity index is 658. The lowest BCUT2D eigenvalue weighted by atomic mass is 9.99. The largest absolute Gasteiger partial charge is 0.304 e. The molecule has 2 rings (SSSR count). The topological polar surface area (TPSA) is 29.1 Å². The molecule has 1 unspecified atom stereocenters. The SMILES string of the molecule is C=C(C)CNC(C=O)Cc1ccc(-c2cccc(CC)c2)cc1. The highest BCUT2D eigenvalue weighted by Gasteiger charge is 2.08. The summed E-state index contributed by atoms with van der Waals surface area (Å²) in [5.41, 5.74) is 5.98. The van der Waals surface area contributed by atoms with Crippen molar-refractivity contribution in [3.05, 3.63) is 71.8 Å². The summed E-state index contributed by atoms with van der Waals surface area (Å²) in [6.45, 7) is 8.64. The second-order valence-corrected chi connectivity index (χ2v) is 6.04. The van der Waals surface area contributed by atoms with Gasteiger partial charge >= 0.3 is 0 Å². The number of hydrogen-bond acceptors (Lipinski definition) is 2. The van der Waals surface area contributed by atoms with E-state index >= 15 is 0 Å². The Balaban J connectivity index is 2.06. The van der Waals surface area contributed by atoms with Crippen LogP contribution in [0, 0.1) is 0 Å². The molecule has 0 heterocycles. The van der Waals surface area contributed by atoms with E-state index in [4.69, 9.17) is 0 Å². The van der Waals surface area contributed by atoms with Gasteiger partial charge in [-0.2, -0.15) is 0 Å². The molecule has 0 aliphatic rings. The lowest BCUT2D eigenvalue weighted by Crippen LogP contribution is -2.33. The van der Waals surface area contributed by atoms with E-state index in [0.29, 0.717) is 13.0 Å². The lowest BCUT2D eigenvalue weighted by Gasteiger charge is -2.13. The predicted molar refractivity (Wildman–Crippen MR) is 97.6 cm³/mol. The molecule has 2 nitrogen and oxygen atoms in total. The van der Waals surface area contributed by atoms with Crippen molar-refractivity contribution < 1.29 is 4.79 Å². The maximum absolute atomic E-state index is 11.2. The van der Waals surface area contributed by atoms with Crippen molar-refractivity contribution in [3.63, 3.8) is 0 Å². The molecule has 0 saturated carbocycles. The molecule has 1 atom stereocenters. The summed E-state index contributed by atoms with van der Waals surface area (Å²) in [5, 5.41) is 3.21. The highest BCUT2D eigenvalue weighted by Crippen LogP contribution is 2.21. The van der Waals surface area contributed by atoms with Crippen molar-refractivity contribution in [1.82, 2.24) is 5.32 Å². The molecule has 0 bridgehead atoms. The van der Waals surface area contributed by atoms with Crippen molar-refractivity contribution in [2.75, 3.05) is 6.54 Å². The van der Waals surface area contributed by atoms with Crippen LogP contribution in [0.25, 0.3) is 11.1 Å². The van der Waals surface area contributed by atoms with Crippen molar-refractivity contribution in [3.8, 4) is 11.1 Å². The van der Waals surface area contributed by atoms with Crippen molar-refractivity contribution >= 4 is 6.29 Å². The molecule has 0 saturated heterocycles. The van der Waals surface area contributed by atoms with E-state index in [1.165, 1.54) is 16.7 Å². The third kappa shape index (κ3) is 5.19. The van der Waals surface area contributed by atoms with Crippen LogP contribution in [0.4, 0.5) is 0 Å². The van der Waals surface area contributed by atoms with Gasteiger partial charge in [0.05, 0.1) is 6.04 Å². The molecule has 0 spiro atoms. The first kappa shape index (κ1) is 17.2. The molecular formula is C21H25NO. The number of carbonyl (C=O) groups excluding carboxylic acids is 1. The summed E-state index contributed by atoms with van der Waals surface area (Å²) in [7, 11) is 0. The van der Waals surface area contributed by atoms with Crippen molar-refractivity contribution in [2.45, 2.75) is 32.7 Å². The van der Waals surface area contributed by atoms with Crippen LogP contribution < -0.4 is 5.32 Å². The van der Waals surface area contributed by atoms with Crippen LogP contribution >= 0.6 is 0 Å². The van der Waals surface area contributed by atoms with E-state index < -0.39 is 0 Å². The standard InChI is InChI=1S/C21H25NO/c1-4-17-6-5-7-20(12-17)19-10-8-18(9-11-19)13-21(15-23)22-14-16(2)3/h5-12,15,21-22H,2,4,13-14H2,1,3H3. The molecule has 120 valence electrons. The van der Waals surface area contributed by atoms with Gasteiger partial charge in [-0.3, -0.25) is 0 Å². The first-order valence-electron chi connectivity index (χ1n) is 8.13. The zero-order valence-electron chi connectivity index (χ0n) is 14.0. The van der Waals surface area contributed by atoms with Gasteiger partial charge in [-0.05, 0) is 42.0 Å². The molecule has 2 aromatic carbocycles.